The van der Waals surface area contributed by atoms with Crippen LogP contribution in [-0.2, 0) is 16.0 Å². The van der Waals surface area contributed by atoms with Gasteiger partial charge in [-0.05, 0) is 30.0 Å². The first-order chi connectivity index (χ1) is 9.87. The van der Waals surface area contributed by atoms with Gasteiger partial charge in [-0.1, -0.05) is 18.2 Å². The number of benzene rings is 1. The van der Waals surface area contributed by atoms with E-state index in [0.717, 1.165) is 24.5 Å². The van der Waals surface area contributed by atoms with Crippen LogP contribution in [0.15, 0.2) is 24.3 Å². The molecular weight excluding hydrogens is 285 g/mol. The molecule has 0 fully saturated rings. The first-order valence-electron chi connectivity index (χ1n) is 6.43. The van der Waals surface area contributed by atoms with Crippen LogP contribution in [0.5, 0.6) is 0 Å². The number of fused-ring (bicyclic) bond motifs is 1. The molecule has 0 radical (unpaired) electrons. The molecule has 1 aliphatic rings. The number of aryl methyl sites for hydroxylation is 1. The fraction of sp³-hybridized carbons (Fsp3) is 0.333. The van der Waals surface area contributed by atoms with Gasteiger partial charge in [-0.25, -0.2) is 4.79 Å². The summed E-state index contributed by atoms with van der Waals surface area (Å²) in [5.74, 6) is -1.10. The maximum absolute atomic E-state index is 11.9. The highest BCUT2D eigenvalue weighted by atomic mass is 19.4. The van der Waals surface area contributed by atoms with Gasteiger partial charge in [0.2, 0.25) is 0 Å². The molecule has 3 nitrogen and oxygen atoms in total. The summed E-state index contributed by atoms with van der Waals surface area (Å²) in [6, 6.07) is 5.24. The minimum atomic E-state index is -4.55. The Morgan fingerprint density at radius 1 is 1.29 bits per heavy atom. The average Bonchev–Trinajstić information content (AvgIpc) is 2.42. The Balaban J connectivity index is 2.11. The number of alkyl halides is 3. The molecule has 0 atom stereocenters. The largest absolute Gasteiger partial charge is 0.453 e. The van der Waals surface area contributed by atoms with Crippen molar-refractivity contribution in [3.8, 4) is 0 Å². The summed E-state index contributed by atoms with van der Waals surface area (Å²) in [7, 11) is 0. The molecule has 0 aliphatic heterocycles. The van der Waals surface area contributed by atoms with Gasteiger partial charge in [-0.3, -0.25) is 4.79 Å². The molecule has 2 rings (SSSR count). The van der Waals surface area contributed by atoms with Crippen LogP contribution in [0.4, 0.5) is 13.2 Å². The highest BCUT2D eigenvalue weighted by molar-refractivity contribution is 6.02. The number of ether oxygens (including phenoxy) is 1. The first kappa shape index (κ1) is 15.3. The Hall–Kier alpha value is -2.11. The van der Waals surface area contributed by atoms with E-state index in [1.54, 1.807) is 12.1 Å². The van der Waals surface area contributed by atoms with Crippen molar-refractivity contribution in [2.24, 2.45) is 0 Å². The lowest BCUT2D eigenvalue weighted by Gasteiger charge is -2.16. The molecule has 1 aromatic carbocycles. The Morgan fingerprint density at radius 2 is 2.05 bits per heavy atom. The van der Waals surface area contributed by atoms with Crippen molar-refractivity contribution in [1.82, 2.24) is 0 Å². The molecule has 1 aromatic rings. The summed E-state index contributed by atoms with van der Waals surface area (Å²) in [5, 5.41) is 0. The van der Waals surface area contributed by atoms with E-state index in [9.17, 15) is 22.8 Å². The van der Waals surface area contributed by atoms with Crippen LogP contribution in [0.25, 0.3) is 6.08 Å². The fourth-order valence-electron chi connectivity index (χ4n) is 2.23. The number of hydrogen-bond donors (Lipinski definition) is 0. The lowest BCUT2D eigenvalue weighted by Crippen LogP contribution is -2.19. The van der Waals surface area contributed by atoms with E-state index in [1.165, 1.54) is 6.08 Å². The Morgan fingerprint density at radius 3 is 2.76 bits per heavy atom. The van der Waals surface area contributed by atoms with Crippen molar-refractivity contribution in [3.05, 3.63) is 41.0 Å². The second kappa shape index (κ2) is 6.11. The molecule has 0 aromatic heterocycles. The number of ketones is 1. The van der Waals surface area contributed by atoms with Gasteiger partial charge in [0.05, 0.1) is 0 Å². The first-order valence-corrected chi connectivity index (χ1v) is 6.43. The van der Waals surface area contributed by atoms with E-state index in [-0.39, 0.29) is 5.78 Å². The van der Waals surface area contributed by atoms with Crippen molar-refractivity contribution >= 4 is 17.8 Å². The standard InChI is InChI=1S/C15H13F3O3/c16-15(17,18)9-21-13(20)8-7-11-4-1-3-10-5-2-6-12(19)14(10)11/h1,3-4,7-8H,2,5-6,9H2/b8-7+. The Labute approximate surface area is 119 Å². The van der Waals surface area contributed by atoms with Gasteiger partial charge in [0.25, 0.3) is 0 Å². The quantitative estimate of drug-likeness (QED) is 0.635. The van der Waals surface area contributed by atoms with Crippen LogP contribution in [0, 0.1) is 0 Å². The van der Waals surface area contributed by atoms with Crippen LogP contribution in [0.1, 0.15) is 34.3 Å². The molecule has 0 saturated carbocycles. The maximum atomic E-state index is 11.9. The molecule has 0 bridgehead atoms. The average molecular weight is 298 g/mol. The van der Waals surface area contributed by atoms with E-state index in [4.69, 9.17) is 0 Å². The van der Waals surface area contributed by atoms with E-state index in [0.29, 0.717) is 17.5 Å². The maximum Gasteiger partial charge on any atom is 0.422 e. The van der Waals surface area contributed by atoms with Gasteiger partial charge >= 0.3 is 12.1 Å². The lowest BCUT2D eigenvalue weighted by atomic mass is 9.87. The van der Waals surface area contributed by atoms with Crippen molar-refractivity contribution < 1.29 is 27.5 Å². The Kier molecular flexibility index (Phi) is 4.45. The third kappa shape index (κ3) is 4.18. The van der Waals surface area contributed by atoms with Crippen molar-refractivity contribution in [1.29, 1.82) is 0 Å². The van der Waals surface area contributed by atoms with Gasteiger partial charge in [0, 0.05) is 18.1 Å². The zero-order valence-electron chi connectivity index (χ0n) is 11.1. The van der Waals surface area contributed by atoms with E-state index in [1.807, 2.05) is 6.07 Å². The lowest BCUT2D eigenvalue weighted by molar-refractivity contribution is -0.182. The highest BCUT2D eigenvalue weighted by Crippen LogP contribution is 2.25. The van der Waals surface area contributed by atoms with Crippen LogP contribution in [0.3, 0.4) is 0 Å². The minimum Gasteiger partial charge on any atom is -0.453 e. The molecule has 6 heteroatoms. The summed E-state index contributed by atoms with van der Waals surface area (Å²) in [6.45, 7) is -1.62. The normalized spacial score (nSPS) is 15.1. The van der Waals surface area contributed by atoms with Gasteiger partial charge in [0.15, 0.2) is 12.4 Å². The summed E-state index contributed by atoms with van der Waals surface area (Å²) < 4.78 is 39.8. The summed E-state index contributed by atoms with van der Waals surface area (Å²) >= 11 is 0. The monoisotopic (exact) mass is 298 g/mol. The SMILES string of the molecule is O=C(/C=C/c1cccc2c1C(=O)CCC2)OCC(F)(F)F. The predicted octanol–water partition coefficient (Wildman–Crippen LogP) is 3.32. The molecule has 21 heavy (non-hydrogen) atoms. The summed E-state index contributed by atoms with van der Waals surface area (Å²) in [6.07, 6.45) is -0.320. The van der Waals surface area contributed by atoms with Crippen LogP contribution < -0.4 is 0 Å². The van der Waals surface area contributed by atoms with Gasteiger partial charge in [0.1, 0.15) is 0 Å². The smallest absolute Gasteiger partial charge is 0.422 e. The number of Topliss-reactive ketones (excluding diaryl/α,β-unsaturated/α-hetero) is 1. The Bertz CT molecular complexity index is 588. The van der Waals surface area contributed by atoms with Crippen molar-refractivity contribution in [2.45, 2.75) is 25.4 Å². The predicted molar refractivity (Wildman–Crippen MR) is 69.8 cm³/mol. The third-order valence-corrected chi connectivity index (χ3v) is 3.09. The van der Waals surface area contributed by atoms with Crippen molar-refractivity contribution in [2.75, 3.05) is 6.61 Å². The molecule has 0 heterocycles. The minimum absolute atomic E-state index is 0.0137. The van der Waals surface area contributed by atoms with Crippen LogP contribution >= 0.6 is 0 Å². The third-order valence-electron chi connectivity index (χ3n) is 3.09. The molecule has 0 N–H and O–H groups in total. The topological polar surface area (TPSA) is 43.4 Å². The number of carbonyl (C=O) groups excluding carboxylic acids is 2. The molecule has 0 saturated heterocycles. The van der Waals surface area contributed by atoms with Crippen LogP contribution in [0.2, 0.25) is 0 Å². The van der Waals surface area contributed by atoms with Crippen LogP contribution in [-0.4, -0.2) is 24.5 Å². The van der Waals surface area contributed by atoms with E-state index in [2.05, 4.69) is 4.74 Å². The van der Waals surface area contributed by atoms with Crippen molar-refractivity contribution in [3.63, 3.8) is 0 Å². The molecular formula is C15H13F3O3. The molecule has 0 amide bonds. The number of carbonyl (C=O) groups is 2. The number of halogens is 3. The molecule has 0 spiro atoms. The summed E-state index contributed by atoms with van der Waals surface area (Å²) in [4.78, 5) is 23.1. The fourth-order valence-corrected chi connectivity index (χ4v) is 2.23. The number of rotatable bonds is 3. The van der Waals surface area contributed by atoms with E-state index >= 15 is 0 Å². The van der Waals surface area contributed by atoms with Gasteiger partial charge in [-0.15, -0.1) is 0 Å². The zero-order chi connectivity index (χ0) is 15.5. The van der Waals surface area contributed by atoms with Gasteiger partial charge in [-0.2, -0.15) is 13.2 Å². The number of esters is 1. The zero-order valence-corrected chi connectivity index (χ0v) is 11.1. The van der Waals surface area contributed by atoms with Gasteiger partial charge < -0.3 is 4.74 Å². The molecule has 112 valence electrons. The number of hydrogen-bond acceptors (Lipinski definition) is 3. The molecule has 1 aliphatic carbocycles. The van der Waals surface area contributed by atoms with E-state index < -0.39 is 18.8 Å². The highest BCUT2D eigenvalue weighted by Gasteiger charge is 2.29. The molecule has 0 unspecified atom stereocenters. The second-order valence-electron chi connectivity index (χ2n) is 4.71. The second-order valence-corrected chi connectivity index (χ2v) is 4.71. The summed E-state index contributed by atoms with van der Waals surface area (Å²) in [5.41, 5.74) is 1.97.